The maximum absolute atomic E-state index is 12.1. The third-order valence-electron chi connectivity index (χ3n) is 15.1. The zero-order valence-electron chi connectivity index (χ0n) is 44.8. The van der Waals surface area contributed by atoms with E-state index >= 15 is 0 Å². The molecule has 3 heterocycles. The van der Waals surface area contributed by atoms with Gasteiger partial charge in [-0.1, -0.05) is 178 Å². The third-order valence-corrected chi connectivity index (χ3v) is 15.1. The second-order valence-corrected chi connectivity index (χ2v) is 21.0. The predicted octanol–water partition coefficient (Wildman–Crippen LogP) is 10.4. The Hall–Kier alpha value is -5.56. The van der Waals surface area contributed by atoms with E-state index in [1.54, 1.807) is 0 Å². The summed E-state index contributed by atoms with van der Waals surface area (Å²) in [5.74, 6) is -2.27. The molecule has 5 aromatic carbocycles. The summed E-state index contributed by atoms with van der Waals surface area (Å²) in [5.41, 5.74) is 15.2. The van der Waals surface area contributed by atoms with Gasteiger partial charge in [0.05, 0.1) is 57.9 Å². The number of fused-ring (bicyclic) bond motifs is 1. The molecular formula is C61H73N3O13. The zero-order valence-corrected chi connectivity index (χ0v) is 44.8. The van der Waals surface area contributed by atoms with Crippen LogP contribution in [0.1, 0.15) is 69.4 Å². The van der Waals surface area contributed by atoms with Crippen LogP contribution in [-0.4, -0.2) is 105 Å². The van der Waals surface area contributed by atoms with Crippen LogP contribution < -0.4 is 0 Å². The van der Waals surface area contributed by atoms with Crippen LogP contribution in [0.5, 0.6) is 0 Å². The van der Waals surface area contributed by atoms with Gasteiger partial charge in [0.15, 0.2) is 18.4 Å². The molecule has 3 saturated heterocycles. The highest BCUT2D eigenvalue weighted by molar-refractivity contribution is 5.65. The lowest BCUT2D eigenvalue weighted by atomic mass is 9.83. The molecule has 77 heavy (non-hydrogen) atoms. The fourth-order valence-corrected chi connectivity index (χ4v) is 10.8. The Morgan fingerprint density at radius 1 is 0.506 bits per heavy atom. The van der Waals surface area contributed by atoms with E-state index in [0.717, 1.165) is 27.8 Å². The van der Waals surface area contributed by atoms with Gasteiger partial charge in [-0.3, -0.25) is 4.79 Å². The molecule has 3 aliphatic heterocycles. The van der Waals surface area contributed by atoms with Crippen molar-refractivity contribution in [2.75, 3.05) is 13.2 Å². The second kappa shape index (κ2) is 26.9. The fraction of sp³-hybridized carbons (Fsp3) is 0.492. The molecule has 8 unspecified atom stereocenters. The number of rotatable bonds is 23. The van der Waals surface area contributed by atoms with Gasteiger partial charge in [-0.2, -0.15) is 0 Å². The first-order valence-electron chi connectivity index (χ1n) is 26.8. The summed E-state index contributed by atoms with van der Waals surface area (Å²) in [4.78, 5) is 15.5. The van der Waals surface area contributed by atoms with E-state index in [1.807, 2.05) is 172 Å². The van der Waals surface area contributed by atoms with Crippen LogP contribution in [0.25, 0.3) is 10.4 Å². The number of nitrogens with zero attached hydrogens (tertiary/aromatic N) is 3. The monoisotopic (exact) mass is 1060 g/mol. The number of hydrogen-bond donors (Lipinski definition) is 0. The number of esters is 1. The Morgan fingerprint density at radius 2 is 0.922 bits per heavy atom. The van der Waals surface area contributed by atoms with Gasteiger partial charge in [0.2, 0.25) is 0 Å². The van der Waals surface area contributed by atoms with E-state index in [0.29, 0.717) is 6.61 Å². The average molecular weight is 1060 g/mol. The van der Waals surface area contributed by atoms with Gasteiger partial charge < -0.3 is 56.8 Å². The number of azide groups is 1. The molecule has 4 fully saturated rings. The van der Waals surface area contributed by atoms with Crippen LogP contribution >= 0.6 is 0 Å². The summed E-state index contributed by atoms with van der Waals surface area (Å²) in [6.45, 7) is 12.5. The van der Waals surface area contributed by atoms with Gasteiger partial charge >= 0.3 is 5.97 Å². The quantitative estimate of drug-likeness (QED) is 0.0262. The van der Waals surface area contributed by atoms with E-state index < -0.39 is 97.3 Å². The fourth-order valence-electron chi connectivity index (χ4n) is 10.8. The molecule has 16 atom stereocenters. The molecule has 16 heteroatoms. The minimum atomic E-state index is -1.20. The second-order valence-electron chi connectivity index (χ2n) is 21.0. The highest BCUT2D eigenvalue weighted by Gasteiger charge is 2.62. The van der Waals surface area contributed by atoms with Crippen molar-refractivity contribution < 1.29 is 61.6 Å². The van der Waals surface area contributed by atoms with Crippen molar-refractivity contribution in [3.63, 3.8) is 0 Å². The van der Waals surface area contributed by atoms with Crippen molar-refractivity contribution >= 4 is 5.97 Å². The van der Waals surface area contributed by atoms with E-state index in [9.17, 15) is 10.3 Å². The van der Waals surface area contributed by atoms with E-state index in [4.69, 9.17) is 56.8 Å². The minimum Gasteiger partial charge on any atom is -0.463 e. The molecule has 16 nitrogen and oxygen atoms in total. The smallest absolute Gasteiger partial charge is 0.302 e. The van der Waals surface area contributed by atoms with Crippen LogP contribution in [-0.2, 0) is 94.7 Å². The maximum atomic E-state index is 12.1. The number of benzene rings is 5. The topological polar surface area (TPSA) is 177 Å². The summed E-state index contributed by atoms with van der Waals surface area (Å²) in [7, 11) is 0. The molecule has 0 spiro atoms. The lowest BCUT2D eigenvalue weighted by Gasteiger charge is -2.51. The summed E-state index contributed by atoms with van der Waals surface area (Å²) in [5, 5.41) is 4.42. The molecule has 9 rings (SSSR count). The highest BCUT2D eigenvalue weighted by Crippen LogP contribution is 2.45. The summed E-state index contributed by atoms with van der Waals surface area (Å²) < 4.78 is 81.8. The van der Waals surface area contributed by atoms with E-state index in [-0.39, 0.29) is 51.5 Å². The van der Waals surface area contributed by atoms with Crippen molar-refractivity contribution in [3.8, 4) is 0 Å². The molecule has 0 bridgehead atoms. The average Bonchev–Trinajstić information content (AvgIpc) is 3.90. The molecule has 0 N–H and O–H groups in total. The molecule has 0 amide bonds. The van der Waals surface area contributed by atoms with Gasteiger partial charge in [0.25, 0.3) is 0 Å². The number of carbonyl (C=O) groups excluding carboxylic acids is 1. The first-order valence-corrected chi connectivity index (χ1v) is 26.8. The van der Waals surface area contributed by atoms with Gasteiger partial charge in [0, 0.05) is 11.8 Å². The molecular weight excluding hydrogens is 983 g/mol. The van der Waals surface area contributed by atoms with Crippen molar-refractivity contribution in [1.82, 2.24) is 0 Å². The number of hydrogen-bond acceptors (Lipinski definition) is 14. The Morgan fingerprint density at radius 3 is 1.40 bits per heavy atom. The summed E-state index contributed by atoms with van der Waals surface area (Å²) in [6.07, 6.45) is -9.68. The summed E-state index contributed by atoms with van der Waals surface area (Å²) >= 11 is 0. The van der Waals surface area contributed by atoms with Crippen LogP contribution in [0, 0.1) is 17.8 Å². The van der Waals surface area contributed by atoms with Crippen molar-refractivity contribution in [1.29, 1.82) is 0 Å². The van der Waals surface area contributed by atoms with Crippen LogP contribution in [0.3, 0.4) is 0 Å². The van der Waals surface area contributed by atoms with Crippen molar-refractivity contribution in [3.05, 3.63) is 190 Å². The van der Waals surface area contributed by atoms with E-state index in [2.05, 4.69) is 23.9 Å². The van der Waals surface area contributed by atoms with Gasteiger partial charge in [-0.15, -0.1) is 0 Å². The van der Waals surface area contributed by atoms with E-state index in [1.165, 1.54) is 6.92 Å². The Labute approximate surface area is 452 Å². The van der Waals surface area contributed by atoms with Crippen LogP contribution in [0.15, 0.2) is 157 Å². The molecule has 1 saturated carbocycles. The first-order chi connectivity index (χ1) is 37.4. The van der Waals surface area contributed by atoms with Crippen LogP contribution in [0.2, 0.25) is 0 Å². The standard InChI is InChI=1S/C61H73N3O13/c1-39-40(2)52(68-33-44-24-14-8-15-25-44)60(72-48(39)38-67-42(4)65)74-51-41(3)50(63-64-62)59(73-49(51)37-66-32-43-22-12-7-13-23-43)75-56-54(70-35-46-28-18-10-19-29-46)53(69-34-45-26-16-9-17-27-45)55(57-58(56)77-61(5,6)76-57)71-36-47-30-20-11-21-31-47/h7-31,39-41,48-60H,32-38H2,1-6H3/t39-,40+,41-,48?,49?,50?,51-,52?,53?,54?,55?,56?,57+,58+,59+,60+/m1/s1. The third kappa shape index (κ3) is 14.6. The lowest BCUT2D eigenvalue weighted by Crippen LogP contribution is -2.67. The Balaban J connectivity index is 1.07. The Bertz CT molecular complexity index is 2620. The van der Waals surface area contributed by atoms with Gasteiger partial charge in [-0.05, 0) is 64.9 Å². The predicted molar refractivity (Wildman–Crippen MR) is 284 cm³/mol. The first kappa shape index (κ1) is 56.2. The number of carbonyl (C=O) groups is 1. The normalized spacial score (nSPS) is 31.7. The molecule has 5 aromatic rings. The van der Waals surface area contributed by atoms with Gasteiger partial charge in [-0.25, -0.2) is 0 Å². The largest absolute Gasteiger partial charge is 0.463 e. The van der Waals surface area contributed by atoms with Gasteiger partial charge in [0.1, 0.15) is 55.4 Å². The minimum absolute atomic E-state index is 0.0254. The molecule has 1 aliphatic carbocycles. The van der Waals surface area contributed by atoms with Crippen molar-refractivity contribution in [2.45, 2.75) is 160 Å². The highest BCUT2D eigenvalue weighted by atomic mass is 16.8. The maximum Gasteiger partial charge on any atom is 0.302 e. The number of ether oxygens (including phenoxy) is 12. The zero-order chi connectivity index (χ0) is 53.7. The van der Waals surface area contributed by atoms with Crippen molar-refractivity contribution in [2.24, 2.45) is 22.9 Å². The molecule has 0 radical (unpaired) electrons. The Kier molecular flexibility index (Phi) is 19.6. The molecule has 410 valence electrons. The summed E-state index contributed by atoms with van der Waals surface area (Å²) in [6, 6.07) is 48.5. The molecule has 4 aliphatic rings. The lowest BCUT2D eigenvalue weighted by molar-refractivity contribution is -0.349. The van der Waals surface area contributed by atoms with Crippen LogP contribution in [0.4, 0.5) is 0 Å². The molecule has 0 aromatic heterocycles. The SMILES string of the molecule is CC(=O)OCC1O[C@@H](O[C@H]2C(COCc3ccccc3)O[C@@H](OC3C(OCc4ccccc4)C(OCc4ccccc4)C(OCc4ccccc4)[C@@H]4OC(C)(C)O[C@@H]34)C(N=[N+]=[N-])[C@H]2C)C(OCc2ccccc2)[C@@H](C)[C@H]1C.